The van der Waals surface area contributed by atoms with Crippen molar-refractivity contribution in [3.8, 4) is 0 Å². The zero-order valence-electron chi connectivity index (χ0n) is 12.3. The van der Waals surface area contributed by atoms with Crippen LogP contribution in [-0.2, 0) is 4.74 Å². The van der Waals surface area contributed by atoms with Crippen molar-refractivity contribution in [1.29, 1.82) is 0 Å². The summed E-state index contributed by atoms with van der Waals surface area (Å²) in [5.41, 5.74) is 0.765. The number of morpholine rings is 1. The van der Waals surface area contributed by atoms with Crippen molar-refractivity contribution >= 4 is 23.0 Å². The van der Waals surface area contributed by atoms with E-state index in [4.69, 9.17) is 16.3 Å². The number of halogens is 1. The lowest BCUT2D eigenvalue weighted by Crippen LogP contribution is -3.21. The van der Waals surface area contributed by atoms with Gasteiger partial charge in [0.05, 0.1) is 35.4 Å². The van der Waals surface area contributed by atoms with Gasteiger partial charge in [-0.15, -0.1) is 0 Å². The number of hydrogen-bond donors (Lipinski definition) is 2. The van der Waals surface area contributed by atoms with E-state index in [1.807, 2.05) is 0 Å². The van der Waals surface area contributed by atoms with E-state index in [1.54, 1.807) is 6.07 Å². The van der Waals surface area contributed by atoms with Crippen molar-refractivity contribution < 1.29 is 14.6 Å². The third-order valence-corrected chi connectivity index (χ3v) is 4.25. The van der Waals surface area contributed by atoms with Crippen LogP contribution in [-0.4, -0.2) is 43.3 Å². The molecule has 0 radical (unpaired) electrons. The molecule has 6 nitrogen and oxygen atoms in total. The molecule has 1 heterocycles. The van der Waals surface area contributed by atoms with Gasteiger partial charge in [0.2, 0.25) is 0 Å². The number of quaternary nitrogens is 1. The van der Waals surface area contributed by atoms with Gasteiger partial charge in [0.15, 0.2) is 0 Å². The Balaban J connectivity index is 2.00. The number of nitro benzene ring substituents is 1. The summed E-state index contributed by atoms with van der Waals surface area (Å²) in [6.45, 7) is 8.68. The fourth-order valence-corrected chi connectivity index (χ4v) is 2.74. The number of non-ortho nitro benzene ring substituents is 1. The fourth-order valence-electron chi connectivity index (χ4n) is 2.50. The number of rotatable bonds is 5. The maximum atomic E-state index is 10.7. The number of nitrogens with zero attached hydrogens (tertiary/aromatic N) is 1. The number of nitro groups is 1. The molecule has 2 N–H and O–H groups in total. The summed E-state index contributed by atoms with van der Waals surface area (Å²) in [4.78, 5) is 11.7. The standard InChI is InChI=1S/C14H20ClN3O3/c1-14(2,17-5-7-21-8-6-17)10-16-13-4-3-11(18(19)20)9-12(13)15/h3-4,9,16H,5-8,10H2,1-2H3/p+1. The van der Waals surface area contributed by atoms with E-state index >= 15 is 0 Å². The number of anilines is 1. The van der Waals surface area contributed by atoms with E-state index in [-0.39, 0.29) is 11.2 Å². The van der Waals surface area contributed by atoms with E-state index < -0.39 is 4.92 Å². The summed E-state index contributed by atoms with van der Waals surface area (Å²) in [7, 11) is 0. The van der Waals surface area contributed by atoms with Gasteiger partial charge in [-0.2, -0.15) is 0 Å². The fraction of sp³-hybridized carbons (Fsp3) is 0.571. The lowest BCUT2D eigenvalue weighted by atomic mass is 10.0. The van der Waals surface area contributed by atoms with Gasteiger partial charge < -0.3 is 15.0 Å². The second kappa shape index (κ2) is 6.60. The first-order valence-electron chi connectivity index (χ1n) is 7.01. The van der Waals surface area contributed by atoms with Crippen LogP contribution in [0.15, 0.2) is 18.2 Å². The quantitative estimate of drug-likeness (QED) is 0.636. The van der Waals surface area contributed by atoms with Crippen molar-refractivity contribution in [2.45, 2.75) is 19.4 Å². The molecular weight excluding hydrogens is 294 g/mol. The molecule has 0 spiro atoms. The van der Waals surface area contributed by atoms with Gasteiger partial charge in [0, 0.05) is 12.1 Å². The minimum Gasteiger partial charge on any atom is -0.378 e. The molecule has 1 aliphatic rings. The number of ether oxygens (including phenoxy) is 1. The Kier molecular flexibility index (Phi) is 5.03. The second-order valence-corrected chi connectivity index (χ2v) is 6.28. The van der Waals surface area contributed by atoms with Crippen LogP contribution < -0.4 is 10.2 Å². The molecule has 0 aliphatic carbocycles. The van der Waals surface area contributed by atoms with Gasteiger partial charge in [-0.1, -0.05) is 11.6 Å². The van der Waals surface area contributed by atoms with Crippen LogP contribution in [0.1, 0.15) is 13.8 Å². The predicted octanol–water partition coefficient (Wildman–Crippen LogP) is 1.35. The average molecular weight is 315 g/mol. The highest BCUT2D eigenvalue weighted by Gasteiger charge is 2.32. The van der Waals surface area contributed by atoms with Gasteiger partial charge >= 0.3 is 0 Å². The van der Waals surface area contributed by atoms with Crippen LogP contribution in [0.25, 0.3) is 0 Å². The highest BCUT2D eigenvalue weighted by atomic mass is 35.5. The Morgan fingerprint density at radius 3 is 2.67 bits per heavy atom. The normalized spacial score (nSPS) is 16.7. The number of hydrogen-bond acceptors (Lipinski definition) is 4. The molecule has 1 aliphatic heterocycles. The van der Waals surface area contributed by atoms with Gasteiger partial charge in [-0.05, 0) is 19.9 Å². The van der Waals surface area contributed by atoms with Crippen LogP contribution in [0, 0.1) is 10.1 Å². The molecule has 116 valence electrons. The van der Waals surface area contributed by atoms with Crippen LogP contribution in [0.3, 0.4) is 0 Å². The van der Waals surface area contributed by atoms with Crippen molar-refractivity contribution in [3.63, 3.8) is 0 Å². The van der Waals surface area contributed by atoms with E-state index in [0.29, 0.717) is 5.02 Å². The van der Waals surface area contributed by atoms with E-state index in [1.165, 1.54) is 17.0 Å². The van der Waals surface area contributed by atoms with Crippen LogP contribution in [0.2, 0.25) is 5.02 Å². The molecule has 0 aromatic heterocycles. The van der Waals surface area contributed by atoms with Gasteiger partial charge in [0.25, 0.3) is 5.69 Å². The van der Waals surface area contributed by atoms with Crippen LogP contribution in [0.4, 0.5) is 11.4 Å². The summed E-state index contributed by atoms with van der Waals surface area (Å²) >= 11 is 6.09. The zero-order chi connectivity index (χ0) is 15.5. The molecule has 0 atom stereocenters. The number of benzene rings is 1. The molecule has 0 unspecified atom stereocenters. The Hall–Kier alpha value is -1.37. The van der Waals surface area contributed by atoms with E-state index in [0.717, 1.165) is 38.5 Å². The molecule has 0 bridgehead atoms. The summed E-state index contributed by atoms with van der Waals surface area (Å²) in [6, 6.07) is 4.49. The summed E-state index contributed by atoms with van der Waals surface area (Å²) < 4.78 is 5.39. The Bertz CT molecular complexity index is 516. The maximum absolute atomic E-state index is 10.7. The molecule has 0 amide bonds. The molecule has 1 aromatic carbocycles. The third-order valence-electron chi connectivity index (χ3n) is 3.94. The maximum Gasteiger partial charge on any atom is 0.271 e. The lowest BCUT2D eigenvalue weighted by molar-refractivity contribution is -0.953. The largest absolute Gasteiger partial charge is 0.378 e. The monoisotopic (exact) mass is 314 g/mol. The molecular formula is C14H21ClN3O3+. The zero-order valence-corrected chi connectivity index (χ0v) is 13.1. The first-order chi connectivity index (χ1) is 9.90. The van der Waals surface area contributed by atoms with E-state index in [2.05, 4.69) is 19.2 Å². The molecule has 1 aromatic rings. The first-order valence-corrected chi connectivity index (χ1v) is 7.39. The minimum absolute atomic E-state index is 0.00335. The van der Waals surface area contributed by atoms with Gasteiger partial charge in [-0.25, -0.2) is 0 Å². The molecule has 1 fully saturated rings. The van der Waals surface area contributed by atoms with Crippen molar-refractivity contribution in [1.82, 2.24) is 0 Å². The average Bonchev–Trinajstić information content (AvgIpc) is 2.46. The Morgan fingerprint density at radius 1 is 1.43 bits per heavy atom. The van der Waals surface area contributed by atoms with Crippen molar-refractivity contribution in [3.05, 3.63) is 33.3 Å². The number of nitrogens with one attached hydrogen (secondary N) is 2. The molecule has 1 saturated heterocycles. The predicted molar refractivity (Wildman–Crippen MR) is 82.2 cm³/mol. The minimum atomic E-state index is -0.447. The highest BCUT2D eigenvalue weighted by molar-refractivity contribution is 6.33. The summed E-state index contributed by atoms with van der Waals surface area (Å²) in [6.07, 6.45) is 0. The molecule has 7 heteroatoms. The summed E-state index contributed by atoms with van der Waals surface area (Å²) in [5, 5.41) is 14.4. The Morgan fingerprint density at radius 2 is 2.10 bits per heavy atom. The van der Waals surface area contributed by atoms with Crippen molar-refractivity contribution in [2.24, 2.45) is 0 Å². The van der Waals surface area contributed by atoms with Gasteiger partial charge in [-0.3, -0.25) is 10.1 Å². The van der Waals surface area contributed by atoms with E-state index in [9.17, 15) is 10.1 Å². The van der Waals surface area contributed by atoms with Crippen LogP contribution in [0.5, 0.6) is 0 Å². The van der Waals surface area contributed by atoms with Crippen LogP contribution >= 0.6 is 11.6 Å². The lowest BCUT2D eigenvalue weighted by Gasteiger charge is -2.37. The smallest absolute Gasteiger partial charge is 0.271 e. The molecule has 0 saturated carbocycles. The summed E-state index contributed by atoms with van der Waals surface area (Å²) in [5.74, 6) is 0. The topological polar surface area (TPSA) is 68.8 Å². The Labute approximate surface area is 129 Å². The SMILES string of the molecule is CC(C)(CNc1ccc([N+](=O)[O-])cc1Cl)[NH+]1CCOCC1. The highest BCUT2D eigenvalue weighted by Crippen LogP contribution is 2.26. The second-order valence-electron chi connectivity index (χ2n) is 5.87. The third kappa shape index (κ3) is 4.06. The van der Waals surface area contributed by atoms with Crippen molar-refractivity contribution in [2.75, 3.05) is 38.2 Å². The first kappa shape index (κ1) is 16.0. The molecule has 2 rings (SSSR count). The van der Waals surface area contributed by atoms with Gasteiger partial charge in [0.1, 0.15) is 18.6 Å². The molecule has 21 heavy (non-hydrogen) atoms.